The third kappa shape index (κ3) is 2.04. The van der Waals surface area contributed by atoms with Crippen molar-refractivity contribution in [2.45, 2.75) is 6.92 Å². The van der Waals surface area contributed by atoms with Crippen molar-refractivity contribution in [2.24, 2.45) is 0 Å². The van der Waals surface area contributed by atoms with Crippen LogP contribution in [0.5, 0.6) is 0 Å². The van der Waals surface area contributed by atoms with Gasteiger partial charge >= 0.3 is 5.97 Å². The maximum absolute atomic E-state index is 12.3. The first-order valence-corrected chi connectivity index (χ1v) is 7.07. The lowest BCUT2D eigenvalue weighted by molar-refractivity contribution is -0.0584. The molecule has 0 saturated carbocycles. The van der Waals surface area contributed by atoms with Gasteiger partial charge in [0.1, 0.15) is 5.82 Å². The van der Waals surface area contributed by atoms with Crippen LogP contribution in [0.25, 0.3) is 11.2 Å². The lowest BCUT2D eigenvalue weighted by atomic mass is 10.1. The highest BCUT2D eigenvalue weighted by atomic mass is 16.7. The fourth-order valence-electron chi connectivity index (χ4n) is 2.52. The summed E-state index contributed by atoms with van der Waals surface area (Å²) < 4.78 is 0. The number of nitrogens with one attached hydrogen (secondary N) is 1. The van der Waals surface area contributed by atoms with E-state index in [1.807, 2.05) is 0 Å². The second-order valence-electron chi connectivity index (χ2n) is 5.25. The summed E-state index contributed by atoms with van der Waals surface area (Å²) in [5.74, 6) is -1.54. The number of aromatic amines is 1. The number of imidazole rings is 1. The van der Waals surface area contributed by atoms with Gasteiger partial charge in [-0.3, -0.25) is 9.59 Å². The summed E-state index contributed by atoms with van der Waals surface area (Å²) in [4.78, 5) is 52.7. The van der Waals surface area contributed by atoms with E-state index >= 15 is 0 Å². The van der Waals surface area contributed by atoms with Crippen LogP contribution < -0.4 is 0 Å². The average molecular weight is 322 g/mol. The predicted octanol–water partition coefficient (Wildman–Crippen LogP) is 1.63. The van der Waals surface area contributed by atoms with Crippen LogP contribution >= 0.6 is 0 Å². The zero-order chi connectivity index (χ0) is 16.8. The first kappa shape index (κ1) is 14.1. The third-order valence-corrected chi connectivity index (χ3v) is 3.62. The molecule has 0 atom stereocenters. The number of carbonyl (C=O) groups is 3. The predicted molar refractivity (Wildman–Crippen MR) is 81.0 cm³/mol. The Morgan fingerprint density at radius 1 is 1.17 bits per heavy atom. The van der Waals surface area contributed by atoms with Gasteiger partial charge in [0, 0.05) is 6.20 Å². The lowest BCUT2D eigenvalue weighted by Crippen LogP contribution is -2.32. The minimum atomic E-state index is -0.855. The van der Waals surface area contributed by atoms with Crippen LogP contribution in [0.2, 0.25) is 0 Å². The molecule has 4 rings (SSSR count). The molecule has 2 amide bonds. The Balaban J connectivity index is 1.62. The zero-order valence-electron chi connectivity index (χ0n) is 12.4. The molecule has 0 fully saturated rings. The van der Waals surface area contributed by atoms with Gasteiger partial charge in [-0.15, -0.1) is 0 Å². The third-order valence-electron chi connectivity index (χ3n) is 3.62. The maximum atomic E-state index is 12.3. The van der Waals surface area contributed by atoms with Crippen molar-refractivity contribution in [1.29, 1.82) is 0 Å². The minimum Gasteiger partial charge on any atom is -0.341 e. The van der Waals surface area contributed by atoms with Gasteiger partial charge in [0.15, 0.2) is 5.65 Å². The van der Waals surface area contributed by atoms with Crippen LogP contribution in [-0.4, -0.2) is 37.8 Å². The SMILES string of the molecule is Cc1nc2ncc(C(=O)ON3C(=O)c4ccccc4C3=O)cc2[nH]1. The van der Waals surface area contributed by atoms with Crippen LogP contribution in [0, 0.1) is 6.92 Å². The molecule has 1 aliphatic heterocycles. The topological polar surface area (TPSA) is 105 Å². The summed E-state index contributed by atoms with van der Waals surface area (Å²) in [6, 6.07) is 7.78. The molecule has 1 aromatic carbocycles. The van der Waals surface area contributed by atoms with E-state index in [1.165, 1.54) is 24.4 Å². The van der Waals surface area contributed by atoms with E-state index in [-0.39, 0.29) is 16.7 Å². The number of fused-ring (bicyclic) bond motifs is 2. The van der Waals surface area contributed by atoms with E-state index in [0.29, 0.717) is 22.1 Å². The summed E-state index contributed by atoms with van der Waals surface area (Å²) in [5.41, 5.74) is 1.53. The smallest absolute Gasteiger partial charge is 0.341 e. The number of hydrogen-bond acceptors (Lipinski definition) is 6. The molecule has 3 aromatic rings. The molecule has 0 unspecified atom stereocenters. The van der Waals surface area contributed by atoms with Gasteiger partial charge in [-0.2, -0.15) is 0 Å². The molecule has 2 aromatic heterocycles. The summed E-state index contributed by atoms with van der Waals surface area (Å²) in [6.45, 7) is 1.76. The number of H-pyrrole nitrogens is 1. The number of pyridine rings is 1. The van der Waals surface area contributed by atoms with Gasteiger partial charge < -0.3 is 9.82 Å². The quantitative estimate of drug-likeness (QED) is 0.719. The van der Waals surface area contributed by atoms with Crippen molar-refractivity contribution < 1.29 is 19.2 Å². The maximum Gasteiger partial charge on any atom is 0.365 e. The van der Waals surface area contributed by atoms with Crippen molar-refractivity contribution in [3.05, 3.63) is 59.0 Å². The molecular weight excluding hydrogens is 312 g/mol. The van der Waals surface area contributed by atoms with Crippen molar-refractivity contribution in [3.8, 4) is 0 Å². The number of nitrogens with zero attached hydrogens (tertiary/aromatic N) is 3. The summed E-state index contributed by atoms with van der Waals surface area (Å²) in [7, 11) is 0. The first-order chi connectivity index (χ1) is 11.5. The van der Waals surface area contributed by atoms with Gasteiger partial charge in [0.25, 0.3) is 11.8 Å². The van der Waals surface area contributed by atoms with Crippen LogP contribution in [-0.2, 0) is 4.84 Å². The molecule has 0 bridgehead atoms. The highest BCUT2D eigenvalue weighted by molar-refractivity contribution is 6.21. The van der Waals surface area contributed by atoms with E-state index in [0.717, 1.165) is 0 Å². The summed E-state index contributed by atoms with van der Waals surface area (Å²) in [6.07, 6.45) is 1.28. The zero-order valence-corrected chi connectivity index (χ0v) is 12.4. The number of hydroxylamine groups is 2. The highest BCUT2D eigenvalue weighted by Gasteiger charge is 2.38. The molecule has 0 saturated heterocycles. The Morgan fingerprint density at radius 3 is 2.50 bits per heavy atom. The molecule has 24 heavy (non-hydrogen) atoms. The fraction of sp³-hybridized carbons (Fsp3) is 0.0625. The number of aryl methyl sites for hydroxylation is 1. The van der Waals surface area contributed by atoms with Gasteiger partial charge in [-0.05, 0) is 25.1 Å². The second-order valence-corrected chi connectivity index (χ2v) is 5.25. The number of amides is 2. The van der Waals surface area contributed by atoms with Crippen LogP contribution in [0.3, 0.4) is 0 Å². The Labute approximate surface area is 135 Å². The first-order valence-electron chi connectivity index (χ1n) is 7.07. The fourth-order valence-corrected chi connectivity index (χ4v) is 2.52. The van der Waals surface area contributed by atoms with E-state index in [2.05, 4.69) is 15.0 Å². The van der Waals surface area contributed by atoms with Crippen LogP contribution in [0.4, 0.5) is 0 Å². The highest BCUT2D eigenvalue weighted by Crippen LogP contribution is 2.23. The Hall–Kier alpha value is -3.55. The molecule has 1 N–H and O–H groups in total. The van der Waals surface area contributed by atoms with Crippen LogP contribution in [0.1, 0.15) is 36.9 Å². The van der Waals surface area contributed by atoms with Crippen LogP contribution in [0.15, 0.2) is 36.5 Å². The van der Waals surface area contributed by atoms with Gasteiger partial charge in [0.05, 0.1) is 22.2 Å². The minimum absolute atomic E-state index is 0.0997. The Bertz CT molecular complexity index is 989. The molecule has 0 aliphatic carbocycles. The average Bonchev–Trinajstić information content (AvgIpc) is 3.07. The molecule has 0 spiro atoms. The lowest BCUT2D eigenvalue weighted by Gasteiger charge is -2.12. The number of hydrogen-bond donors (Lipinski definition) is 1. The molecule has 1 aliphatic rings. The molecule has 8 heteroatoms. The molecule has 3 heterocycles. The summed E-state index contributed by atoms with van der Waals surface area (Å²) in [5, 5.41) is 0.468. The number of rotatable bonds is 2. The van der Waals surface area contributed by atoms with Crippen molar-refractivity contribution >= 4 is 28.9 Å². The number of carbonyl (C=O) groups excluding carboxylic acids is 3. The molecular formula is C16H10N4O4. The van der Waals surface area contributed by atoms with Crippen molar-refractivity contribution in [2.75, 3.05) is 0 Å². The van der Waals surface area contributed by atoms with Crippen molar-refractivity contribution in [3.63, 3.8) is 0 Å². The van der Waals surface area contributed by atoms with E-state index in [1.54, 1.807) is 19.1 Å². The van der Waals surface area contributed by atoms with Gasteiger partial charge in [-0.25, -0.2) is 14.8 Å². The van der Waals surface area contributed by atoms with Gasteiger partial charge in [-0.1, -0.05) is 17.2 Å². The Morgan fingerprint density at radius 2 is 1.83 bits per heavy atom. The largest absolute Gasteiger partial charge is 0.365 e. The Kier molecular flexibility index (Phi) is 2.92. The molecule has 8 nitrogen and oxygen atoms in total. The standard InChI is InChI=1S/C16H10N4O4/c1-8-18-12-6-9(7-17-13(12)19-8)16(23)24-20-14(21)10-4-2-3-5-11(10)15(20)22/h2-7H,1H3,(H,17,18,19). The number of aromatic nitrogens is 3. The molecule has 118 valence electrons. The monoisotopic (exact) mass is 322 g/mol. The normalized spacial score (nSPS) is 13.5. The summed E-state index contributed by atoms with van der Waals surface area (Å²) >= 11 is 0. The van der Waals surface area contributed by atoms with E-state index in [4.69, 9.17) is 4.84 Å². The van der Waals surface area contributed by atoms with Crippen molar-refractivity contribution in [1.82, 2.24) is 20.0 Å². The second kappa shape index (κ2) is 4.98. The van der Waals surface area contributed by atoms with E-state index in [9.17, 15) is 14.4 Å². The molecule has 0 radical (unpaired) electrons. The van der Waals surface area contributed by atoms with Gasteiger partial charge in [0.2, 0.25) is 0 Å². The number of imide groups is 1. The van der Waals surface area contributed by atoms with E-state index < -0.39 is 17.8 Å². The number of benzene rings is 1.